The van der Waals surface area contributed by atoms with Gasteiger partial charge in [0.1, 0.15) is 5.75 Å². The molecule has 0 saturated carbocycles. The van der Waals surface area contributed by atoms with E-state index in [4.69, 9.17) is 9.47 Å². The zero-order chi connectivity index (χ0) is 19.8. The number of aromatic nitrogens is 1. The second-order valence-corrected chi connectivity index (χ2v) is 6.28. The average molecular weight is 378 g/mol. The summed E-state index contributed by atoms with van der Waals surface area (Å²) in [5.41, 5.74) is 2.62. The fraction of sp³-hybridized carbons (Fsp3) is 0.227. The van der Waals surface area contributed by atoms with Gasteiger partial charge in [-0.25, -0.2) is 0 Å². The topological polar surface area (TPSA) is 77.5 Å². The van der Waals surface area contributed by atoms with Gasteiger partial charge in [-0.2, -0.15) is 0 Å². The van der Waals surface area contributed by atoms with Crippen LogP contribution in [0.5, 0.6) is 5.75 Å². The van der Waals surface area contributed by atoms with Gasteiger partial charge < -0.3 is 14.8 Å². The molecule has 0 aliphatic carbocycles. The third kappa shape index (κ3) is 5.54. The standard InChI is InChI=1S/C22H22N2O4/c1-27-19-7-4-5-16(13-19)14-23-21(25)15-28-22(26)12-11-18-10-9-17-6-2-3-8-20(17)24-18/h2-10,13H,11-12,14-15H2,1H3,(H,23,25). The molecular weight excluding hydrogens is 356 g/mol. The molecule has 0 saturated heterocycles. The molecule has 6 heteroatoms. The Morgan fingerprint density at radius 1 is 1.04 bits per heavy atom. The number of para-hydroxylation sites is 1. The molecule has 2 aromatic carbocycles. The van der Waals surface area contributed by atoms with Gasteiger partial charge in [-0.05, 0) is 29.8 Å². The van der Waals surface area contributed by atoms with Crippen LogP contribution in [0.1, 0.15) is 17.7 Å². The van der Waals surface area contributed by atoms with Gasteiger partial charge >= 0.3 is 5.97 Å². The Morgan fingerprint density at radius 2 is 1.89 bits per heavy atom. The lowest BCUT2D eigenvalue weighted by Crippen LogP contribution is -2.28. The molecule has 1 N–H and O–H groups in total. The van der Waals surface area contributed by atoms with Gasteiger partial charge in [0, 0.05) is 24.0 Å². The molecular formula is C22H22N2O4. The quantitative estimate of drug-likeness (QED) is 0.610. The van der Waals surface area contributed by atoms with Gasteiger partial charge in [-0.3, -0.25) is 14.6 Å². The van der Waals surface area contributed by atoms with Crippen molar-refractivity contribution in [2.24, 2.45) is 0 Å². The fourth-order valence-corrected chi connectivity index (χ4v) is 2.73. The van der Waals surface area contributed by atoms with Crippen LogP contribution in [0.2, 0.25) is 0 Å². The fourth-order valence-electron chi connectivity index (χ4n) is 2.73. The van der Waals surface area contributed by atoms with Crippen LogP contribution in [0.4, 0.5) is 0 Å². The summed E-state index contributed by atoms with van der Waals surface area (Å²) in [5.74, 6) is -0.0491. The number of amides is 1. The lowest BCUT2D eigenvalue weighted by Gasteiger charge is -2.08. The number of rotatable bonds is 8. The molecule has 1 heterocycles. The minimum Gasteiger partial charge on any atom is -0.497 e. The molecule has 0 radical (unpaired) electrons. The van der Waals surface area contributed by atoms with Crippen molar-refractivity contribution in [3.05, 3.63) is 71.9 Å². The van der Waals surface area contributed by atoms with E-state index in [0.29, 0.717) is 13.0 Å². The van der Waals surface area contributed by atoms with Gasteiger partial charge in [0.15, 0.2) is 6.61 Å². The van der Waals surface area contributed by atoms with E-state index in [1.54, 1.807) is 7.11 Å². The number of nitrogens with zero attached hydrogens (tertiary/aromatic N) is 1. The van der Waals surface area contributed by atoms with Crippen molar-refractivity contribution < 1.29 is 19.1 Å². The molecule has 0 bridgehead atoms. The Kier molecular flexibility index (Phi) is 6.57. The number of benzene rings is 2. The van der Waals surface area contributed by atoms with Gasteiger partial charge in [-0.1, -0.05) is 36.4 Å². The van der Waals surface area contributed by atoms with E-state index in [-0.39, 0.29) is 18.9 Å². The Balaban J connectivity index is 1.40. The number of methoxy groups -OCH3 is 1. The minimum atomic E-state index is -0.425. The van der Waals surface area contributed by atoms with Crippen LogP contribution in [-0.2, 0) is 27.3 Å². The zero-order valence-corrected chi connectivity index (χ0v) is 15.7. The first-order valence-corrected chi connectivity index (χ1v) is 9.04. The molecule has 3 aromatic rings. The van der Waals surface area contributed by atoms with Crippen molar-refractivity contribution in [1.29, 1.82) is 0 Å². The first-order chi connectivity index (χ1) is 13.6. The monoisotopic (exact) mass is 378 g/mol. The Morgan fingerprint density at radius 3 is 2.75 bits per heavy atom. The van der Waals surface area contributed by atoms with Crippen molar-refractivity contribution in [3.8, 4) is 5.75 Å². The summed E-state index contributed by atoms with van der Waals surface area (Å²) in [4.78, 5) is 28.3. The average Bonchev–Trinajstić information content (AvgIpc) is 2.74. The predicted molar refractivity (Wildman–Crippen MR) is 106 cm³/mol. The molecule has 3 rings (SSSR count). The molecule has 0 unspecified atom stereocenters. The molecule has 0 spiro atoms. The van der Waals surface area contributed by atoms with Gasteiger partial charge in [0.25, 0.3) is 5.91 Å². The maximum atomic E-state index is 11.9. The van der Waals surface area contributed by atoms with Crippen LogP contribution in [0.25, 0.3) is 10.9 Å². The summed E-state index contributed by atoms with van der Waals surface area (Å²) in [7, 11) is 1.59. The first kappa shape index (κ1) is 19.4. The molecule has 1 aromatic heterocycles. The van der Waals surface area contributed by atoms with Crippen molar-refractivity contribution in [3.63, 3.8) is 0 Å². The van der Waals surface area contributed by atoms with E-state index in [9.17, 15) is 9.59 Å². The SMILES string of the molecule is COc1cccc(CNC(=O)COC(=O)CCc2ccc3ccccc3n2)c1. The number of aryl methyl sites for hydroxylation is 1. The third-order valence-corrected chi connectivity index (χ3v) is 4.23. The molecule has 0 fully saturated rings. The summed E-state index contributed by atoms with van der Waals surface area (Å²) < 4.78 is 10.2. The smallest absolute Gasteiger partial charge is 0.306 e. The number of hydrogen-bond donors (Lipinski definition) is 1. The van der Waals surface area contributed by atoms with Crippen LogP contribution in [0, 0.1) is 0 Å². The first-order valence-electron chi connectivity index (χ1n) is 9.04. The van der Waals surface area contributed by atoms with E-state index in [2.05, 4.69) is 10.3 Å². The summed E-state index contributed by atoms with van der Waals surface area (Å²) >= 11 is 0. The molecule has 1 amide bonds. The number of nitrogens with one attached hydrogen (secondary N) is 1. The van der Waals surface area contributed by atoms with Crippen molar-refractivity contribution in [2.45, 2.75) is 19.4 Å². The molecule has 28 heavy (non-hydrogen) atoms. The Labute approximate surface area is 163 Å². The summed E-state index contributed by atoms with van der Waals surface area (Å²) in [6.45, 7) is 0.0442. The van der Waals surface area contributed by atoms with Crippen LogP contribution >= 0.6 is 0 Å². The van der Waals surface area contributed by atoms with E-state index in [1.165, 1.54) is 0 Å². The second-order valence-electron chi connectivity index (χ2n) is 6.28. The third-order valence-electron chi connectivity index (χ3n) is 4.23. The summed E-state index contributed by atoms with van der Waals surface area (Å²) in [5, 5.41) is 3.77. The number of fused-ring (bicyclic) bond motifs is 1. The molecule has 6 nitrogen and oxygen atoms in total. The number of carbonyl (C=O) groups excluding carboxylic acids is 2. The minimum absolute atomic E-state index is 0.175. The maximum absolute atomic E-state index is 11.9. The molecule has 0 aliphatic heterocycles. The highest BCUT2D eigenvalue weighted by molar-refractivity contribution is 5.81. The number of ether oxygens (including phenoxy) is 2. The predicted octanol–water partition coefficient (Wildman–Crippen LogP) is 3.04. The van der Waals surface area contributed by atoms with Crippen molar-refractivity contribution in [1.82, 2.24) is 10.3 Å². The zero-order valence-electron chi connectivity index (χ0n) is 15.7. The van der Waals surface area contributed by atoms with Gasteiger partial charge in [0.2, 0.25) is 0 Å². The molecule has 144 valence electrons. The lowest BCUT2D eigenvalue weighted by molar-refractivity contribution is -0.148. The lowest BCUT2D eigenvalue weighted by atomic mass is 10.1. The molecule has 0 aliphatic rings. The highest BCUT2D eigenvalue weighted by atomic mass is 16.5. The number of hydrogen-bond acceptors (Lipinski definition) is 5. The van der Waals surface area contributed by atoms with E-state index in [1.807, 2.05) is 60.7 Å². The van der Waals surface area contributed by atoms with E-state index in [0.717, 1.165) is 27.9 Å². The number of pyridine rings is 1. The molecule has 0 atom stereocenters. The summed E-state index contributed by atoms with van der Waals surface area (Å²) in [6.07, 6.45) is 0.642. The second kappa shape index (κ2) is 9.50. The number of carbonyl (C=O) groups is 2. The van der Waals surface area contributed by atoms with Gasteiger partial charge in [0.05, 0.1) is 19.0 Å². The highest BCUT2D eigenvalue weighted by Gasteiger charge is 2.09. The van der Waals surface area contributed by atoms with Crippen LogP contribution in [-0.4, -0.2) is 30.6 Å². The van der Waals surface area contributed by atoms with Gasteiger partial charge in [-0.15, -0.1) is 0 Å². The van der Waals surface area contributed by atoms with Crippen LogP contribution in [0.3, 0.4) is 0 Å². The highest BCUT2D eigenvalue weighted by Crippen LogP contribution is 2.13. The largest absolute Gasteiger partial charge is 0.497 e. The van der Waals surface area contributed by atoms with Crippen molar-refractivity contribution >= 4 is 22.8 Å². The van der Waals surface area contributed by atoms with E-state index >= 15 is 0 Å². The maximum Gasteiger partial charge on any atom is 0.306 e. The normalized spacial score (nSPS) is 10.5. The Hall–Kier alpha value is -3.41. The van der Waals surface area contributed by atoms with Crippen LogP contribution in [0.15, 0.2) is 60.7 Å². The number of esters is 1. The van der Waals surface area contributed by atoms with Crippen LogP contribution < -0.4 is 10.1 Å². The van der Waals surface area contributed by atoms with E-state index < -0.39 is 5.97 Å². The van der Waals surface area contributed by atoms with Crippen molar-refractivity contribution in [2.75, 3.05) is 13.7 Å². The Bertz CT molecular complexity index is 971. The summed E-state index contributed by atoms with van der Waals surface area (Å²) in [6, 6.07) is 19.1.